The molecule has 3 nitrogen and oxygen atoms in total. The van der Waals surface area contributed by atoms with Crippen LogP contribution < -0.4 is 5.32 Å². The summed E-state index contributed by atoms with van der Waals surface area (Å²) in [6.07, 6.45) is 3.93. The second-order valence-corrected chi connectivity index (χ2v) is 3.55. The van der Waals surface area contributed by atoms with Crippen molar-refractivity contribution in [3.8, 4) is 0 Å². The van der Waals surface area contributed by atoms with Gasteiger partial charge in [-0.15, -0.1) is 0 Å². The first-order valence-electron chi connectivity index (χ1n) is 5.18. The van der Waals surface area contributed by atoms with Crippen LogP contribution in [0.1, 0.15) is 11.1 Å². The van der Waals surface area contributed by atoms with Crippen LogP contribution in [0.4, 0.5) is 4.39 Å². The van der Waals surface area contributed by atoms with E-state index >= 15 is 0 Å². The monoisotopic (exact) mass is 220 g/mol. The highest BCUT2D eigenvalue weighted by atomic mass is 19.1. The molecule has 0 fully saturated rings. The average molecular weight is 220 g/mol. The Balaban J connectivity index is 1.74. The Kier molecular flexibility index (Phi) is 3.66. The zero-order valence-corrected chi connectivity index (χ0v) is 8.82. The molecule has 0 spiro atoms. The largest absolute Gasteiger partial charge is 0.364 e. The van der Waals surface area contributed by atoms with Crippen molar-refractivity contribution in [2.75, 3.05) is 6.54 Å². The molecular formula is C12H13FN2O. The fraction of sp³-hybridized carbons (Fsp3) is 0.250. The zero-order chi connectivity index (χ0) is 11.2. The minimum Gasteiger partial charge on any atom is -0.364 e. The SMILES string of the molecule is Fc1ccccc1CCNCc1cnoc1. The van der Waals surface area contributed by atoms with Crippen LogP contribution >= 0.6 is 0 Å². The molecule has 0 saturated heterocycles. The minimum absolute atomic E-state index is 0.144. The lowest BCUT2D eigenvalue weighted by Crippen LogP contribution is -2.16. The Labute approximate surface area is 93.3 Å². The highest BCUT2D eigenvalue weighted by molar-refractivity contribution is 5.17. The highest BCUT2D eigenvalue weighted by Crippen LogP contribution is 2.06. The Morgan fingerprint density at radius 2 is 2.19 bits per heavy atom. The topological polar surface area (TPSA) is 38.1 Å². The van der Waals surface area contributed by atoms with E-state index < -0.39 is 0 Å². The lowest BCUT2D eigenvalue weighted by molar-refractivity contribution is 0.418. The molecule has 0 unspecified atom stereocenters. The Hall–Kier alpha value is -1.68. The summed E-state index contributed by atoms with van der Waals surface area (Å²) in [5.74, 6) is -0.144. The summed E-state index contributed by atoms with van der Waals surface area (Å²) >= 11 is 0. The number of halogens is 1. The molecule has 1 heterocycles. The molecule has 0 amide bonds. The third kappa shape index (κ3) is 2.90. The third-order valence-corrected chi connectivity index (χ3v) is 2.34. The average Bonchev–Trinajstić information content (AvgIpc) is 2.79. The van der Waals surface area contributed by atoms with E-state index in [9.17, 15) is 4.39 Å². The van der Waals surface area contributed by atoms with Gasteiger partial charge in [0.25, 0.3) is 0 Å². The maximum atomic E-state index is 13.2. The Morgan fingerprint density at radius 1 is 1.31 bits per heavy atom. The quantitative estimate of drug-likeness (QED) is 0.784. The molecule has 4 heteroatoms. The van der Waals surface area contributed by atoms with Gasteiger partial charge in [-0.1, -0.05) is 23.4 Å². The zero-order valence-electron chi connectivity index (χ0n) is 8.82. The van der Waals surface area contributed by atoms with Crippen molar-refractivity contribution in [1.82, 2.24) is 10.5 Å². The molecule has 0 aliphatic rings. The van der Waals surface area contributed by atoms with Crippen LogP contribution in [0.15, 0.2) is 41.2 Å². The van der Waals surface area contributed by atoms with Gasteiger partial charge in [0.2, 0.25) is 0 Å². The first-order valence-corrected chi connectivity index (χ1v) is 5.18. The molecule has 1 aromatic carbocycles. The first-order chi connectivity index (χ1) is 7.86. The van der Waals surface area contributed by atoms with Gasteiger partial charge >= 0.3 is 0 Å². The highest BCUT2D eigenvalue weighted by Gasteiger charge is 2.00. The number of aromatic nitrogens is 1. The number of rotatable bonds is 5. The summed E-state index contributed by atoms with van der Waals surface area (Å²) < 4.78 is 17.9. The van der Waals surface area contributed by atoms with Crippen LogP contribution in [0, 0.1) is 5.82 Å². The summed E-state index contributed by atoms with van der Waals surface area (Å²) in [5.41, 5.74) is 1.73. The van der Waals surface area contributed by atoms with E-state index in [4.69, 9.17) is 4.52 Å². The lowest BCUT2D eigenvalue weighted by atomic mass is 10.1. The fourth-order valence-corrected chi connectivity index (χ4v) is 1.47. The maximum Gasteiger partial charge on any atom is 0.128 e. The van der Waals surface area contributed by atoms with E-state index in [-0.39, 0.29) is 5.82 Å². The van der Waals surface area contributed by atoms with Gasteiger partial charge in [-0.25, -0.2) is 4.39 Å². The molecule has 0 aliphatic heterocycles. The molecule has 0 radical (unpaired) electrons. The van der Waals surface area contributed by atoms with Crippen molar-refractivity contribution in [2.24, 2.45) is 0 Å². The van der Waals surface area contributed by atoms with Gasteiger partial charge < -0.3 is 9.84 Å². The normalized spacial score (nSPS) is 10.6. The summed E-state index contributed by atoms with van der Waals surface area (Å²) in [5, 5.41) is 6.80. The number of hydrogen-bond donors (Lipinski definition) is 1. The standard InChI is InChI=1S/C12H13FN2O/c13-12-4-2-1-3-11(12)5-6-14-7-10-8-15-16-9-10/h1-4,8-9,14H,5-7H2. The predicted octanol–water partition coefficient (Wildman–Crippen LogP) is 2.15. The van der Waals surface area contributed by atoms with Crippen LogP contribution in [0.5, 0.6) is 0 Å². The molecule has 2 aromatic rings. The summed E-state index contributed by atoms with van der Waals surface area (Å²) in [7, 11) is 0. The second kappa shape index (κ2) is 5.42. The van der Waals surface area contributed by atoms with Gasteiger partial charge in [0.05, 0.1) is 6.20 Å². The Morgan fingerprint density at radius 3 is 2.94 bits per heavy atom. The molecule has 0 saturated carbocycles. The van der Waals surface area contributed by atoms with Crippen LogP contribution in [-0.2, 0) is 13.0 Å². The Bertz CT molecular complexity index is 428. The molecule has 2 rings (SSSR count). The maximum absolute atomic E-state index is 13.2. The van der Waals surface area contributed by atoms with E-state index in [1.54, 1.807) is 24.6 Å². The summed E-state index contributed by atoms with van der Waals surface area (Å²) in [6, 6.07) is 6.83. The van der Waals surface area contributed by atoms with Crippen molar-refractivity contribution >= 4 is 0 Å². The first kappa shape index (κ1) is 10.8. The van der Waals surface area contributed by atoms with Gasteiger partial charge in [0.15, 0.2) is 0 Å². The third-order valence-electron chi connectivity index (χ3n) is 2.34. The molecule has 0 aliphatic carbocycles. The van der Waals surface area contributed by atoms with E-state index in [1.807, 2.05) is 6.07 Å². The molecule has 16 heavy (non-hydrogen) atoms. The number of nitrogens with one attached hydrogen (secondary N) is 1. The van der Waals surface area contributed by atoms with E-state index in [0.29, 0.717) is 13.0 Å². The molecule has 84 valence electrons. The van der Waals surface area contributed by atoms with Crippen molar-refractivity contribution in [3.63, 3.8) is 0 Å². The lowest BCUT2D eigenvalue weighted by Gasteiger charge is -2.03. The number of benzene rings is 1. The van der Waals surface area contributed by atoms with Crippen molar-refractivity contribution in [2.45, 2.75) is 13.0 Å². The van der Waals surface area contributed by atoms with Crippen LogP contribution in [0.2, 0.25) is 0 Å². The number of hydrogen-bond acceptors (Lipinski definition) is 3. The minimum atomic E-state index is -0.144. The molecule has 1 N–H and O–H groups in total. The molecule has 0 atom stereocenters. The molecule has 0 bridgehead atoms. The predicted molar refractivity (Wildman–Crippen MR) is 58.3 cm³/mol. The van der Waals surface area contributed by atoms with Gasteiger partial charge in [0, 0.05) is 12.1 Å². The molecule has 1 aromatic heterocycles. The summed E-state index contributed by atoms with van der Waals surface area (Å²) in [4.78, 5) is 0. The van der Waals surface area contributed by atoms with E-state index in [2.05, 4.69) is 10.5 Å². The van der Waals surface area contributed by atoms with Crippen LogP contribution in [0.25, 0.3) is 0 Å². The van der Waals surface area contributed by atoms with Crippen molar-refractivity contribution in [3.05, 3.63) is 53.7 Å². The van der Waals surface area contributed by atoms with Crippen molar-refractivity contribution in [1.29, 1.82) is 0 Å². The summed E-state index contributed by atoms with van der Waals surface area (Å²) in [6.45, 7) is 1.42. The van der Waals surface area contributed by atoms with E-state index in [0.717, 1.165) is 17.7 Å². The van der Waals surface area contributed by atoms with Gasteiger partial charge in [-0.3, -0.25) is 0 Å². The number of nitrogens with zero attached hydrogens (tertiary/aromatic N) is 1. The smallest absolute Gasteiger partial charge is 0.128 e. The fourth-order valence-electron chi connectivity index (χ4n) is 1.47. The van der Waals surface area contributed by atoms with Gasteiger partial charge in [-0.2, -0.15) is 0 Å². The van der Waals surface area contributed by atoms with E-state index in [1.165, 1.54) is 6.07 Å². The van der Waals surface area contributed by atoms with Crippen molar-refractivity contribution < 1.29 is 8.91 Å². The van der Waals surface area contributed by atoms with Gasteiger partial charge in [-0.05, 0) is 24.6 Å². The van der Waals surface area contributed by atoms with Gasteiger partial charge in [0.1, 0.15) is 12.1 Å². The van der Waals surface area contributed by atoms with Crippen LogP contribution in [-0.4, -0.2) is 11.7 Å². The van der Waals surface area contributed by atoms with Crippen LogP contribution in [0.3, 0.4) is 0 Å². The second-order valence-electron chi connectivity index (χ2n) is 3.55. The molecular weight excluding hydrogens is 207 g/mol.